The molecule has 1 aromatic heterocycles. The van der Waals surface area contributed by atoms with Crippen molar-refractivity contribution >= 4 is 40.2 Å². The number of aromatic carboxylic acids is 1. The first-order valence-electron chi connectivity index (χ1n) is 4.48. The van der Waals surface area contributed by atoms with Gasteiger partial charge in [-0.1, -0.05) is 23.2 Å². The van der Waals surface area contributed by atoms with E-state index in [2.05, 4.69) is 4.98 Å². The predicted octanol–water partition coefficient (Wildman–Crippen LogP) is 2.75. The number of imidazole rings is 1. The first-order valence-corrected chi connectivity index (χ1v) is 5.36. The van der Waals surface area contributed by atoms with Crippen LogP contribution in [0.15, 0.2) is 18.2 Å². The molecule has 6 heteroatoms. The molecule has 0 radical (unpaired) electrons. The van der Waals surface area contributed by atoms with Crippen LogP contribution in [0.3, 0.4) is 0 Å². The molecule has 0 fully saturated rings. The lowest BCUT2D eigenvalue weighted by molar-refractivity contribution is 0.0697. The van der Waals surface area contributed by atoms with E-state index in [0.29, 0.717) is 11.3 Å². The van der Waals surface area contributed by atoms with Crippen LogP contribution in [0.4, 0.5) is 0 Å². The van der Waals surface area contributed by atoms with Crippen LogP contribution in [-0.4, -0.2) is 20.6 Å². The summed E-state index contributed by atoms with van der Waals surface area (Å²) >= 11 is 11.5. The summed E-state index contributed by atoms with van der Waals surface area (Å²) in [5.41, 5.74) is 1.56. The number of benzene rings is 1. The largest absolute Gasteiger partial charge is 0.478 e. The summed E-state index contributed by atoms with van der Waals surface area (Å²) in [4.78, 5) is 14.2. The molecular formula is C10H8Cl2N2O2. The number of alkyl halides is 2. The molecule has 2 aromatic rings. The topological polar surface area (TPSA) is 55.1 Å². The fourth-order valence-corrected chi connectivity index (χ4v) is 1.94. The van der Waals surface area contributed by atoms with Gasteiger partial charge in [-0.25, -0.2) is 9.78 Å². The lowest BCUT2D eigenvalue weighted by Gasteiger charge is -2.01. The van der Waals surface area contributed by atoms with Crippen LogP contribution < -0.4 is 0 Å². The first kappa shape index (κ1) is 11.2. The van der Waals surface area contributed by atoms with Gasteiger partial charge in [0, 0.05) is 7.05 Å². The van der Waals surface area contributed by atoms with Gasteiger partial charge in [-0.2, -0.15) is 0 Å². The van der Waals surface area contributed by atoms with Gasteiger partial charge in [0.25, 0.3) is 0 Å². The second-order valence-electron chi connectivity index (χ2n) is 3.34. The minimum atomic E-state index is -0.984. The number of nitrogens with zero attached hydrogens (tertiary/aromatic N) is 2. The molecule has 4 nitrogen and oxygen atoms in total. The molecular weight excluding hydrogens is 251 g/mol. The van der Waals surface area contributed by atoms with Crippen molar-refractivity contribution in [3.63, 3.8) is 0 Å². The van der Waals surface area contributed by atoms with Crippen molar-refractivity contribution < 1.29 is 9.90 Å². The van der Waals surface area contributed by atoms with Gasteiger partial charge in [-0.3, -0.25) is 0 Å². The number of aromatic nitrogens is 2. The molecule has 0 unspecified atom stereocenters. The lowest BCUT2D eigenvalue weighted by Crippen LogP contribution is -1.97. The van der Waals surface area contributed by atoms with Crippen LogP contribution in [0, 0.1) is 0 Å². The highest BCUT2D eigenvalue weighted by atomic mass is 35.5. The SMILES string of the molecule is Cn1c(C(Cl)Cl)nc2cc(C(=O)O)ccc21. The van der Waals surface area contributed by atoms with Crippen LogP contribution in [-0.2, 0) is 7.05 Å². The smallest absolute Gasteiger partial charge is 0.335 e. The van der Waals surface area contributed by atoms with Crippen LogP contribution >= 0.6 is 23.2 Å². The van der Waals surface area contributed by atoms with Gasteiger partial charge in [0.05, 0.1) is 16.6 Å². The fraction of sp³-hybridized carbons (Fsp3) is 0.200. The minimum Gasteiger partial charge on any atom is -0.478 e. The highest BCUT2D eigenvalue weighted by Gasteiger charge is 2.14. The van der Waals surface area contributed by atoms with Crippen molar-refractivity contribution in [1.29, 1.82) is 0 Å². The Labute approximate surface area is 101 Å². The van der Waals surface area contributed by atoms with Crippen molar-refractivity contribution in [2.45, 2.75) is 4.84 Å². The summed E-state index contributed by atoms with van der Waals surface area (Å²) in [6.07, 6.45) is 0. The summed E-state index contributed by atoms with van der Waals surface area (Å²) in [6.45, 7) is 0. The van der Waals surface area contributed by atoms with Crippen LogP contribution in [0.2, 0.25) is 0 Å². The van der Waals surface area contributed by atoms with E-state index in [1.165, 1.54) is 12.1 Å². The Hall–Kier alpha value is -1.26. The van der Waals surface area contributed by atoms with Crippen molar-refractivity contribution in [3.05, 3.63) is 29.6 Å². The van der Waals surface area contributed by atoms with E-state index in [9.17, 15) is 4.79 Å². The molecule has 1 heterocycles. The zero-order valence-corrected chi connectivity index (χ0v) is 9.83. The lowest BCUT2D eigenvalue weighted by atomic mass is 10.2. The summed E-state index contributed by atoms with van der Waals surface area (Å²) < 4.78 is 1.74. The Balaban J connectivity index is 2.67. The van der Waals surface area contributed by atoms with Crippen LogP contribution in [0.5, 0.6) is 0 Å². The van der Waals surface area contributed by atoms with E-state index in [-0.39, 0.29) is 5.56 Å². The molecule has 16 heavy (non-hydrogen) atoms. The summed E-state index contributed by atoms with van der Waals surface area (Å²) in [5.74, 6) is -0.483. The number of carbonyl (C=O) groups is 1. The van der Waals surface area contributed by atoms with Gasteiger partial charge in [-0.05, 0) is 18.2 Å². The molecule has 1 aromatic carbocycles. The summed E-state index contributed by atoms with van der Waals surface area (Å²) in [5, 5.41) is 8.84. The highest BCUT2D eigenvalue weighted by molar-refractivity contribution is 6.43. The molecule has 0 saturated heterocycles. The molecule has 0 amide bonds. The van der Waals surface area contributed by atoms with Crippen molar-refractivity contribution in [2.75, 3.05) is 0 Å². The van der Waals surface area contributed by atoms with E-state index in [1.807, 2.05) is 0 Å². The average molecular weight is 259 g/mol. The summed E-state index contributed by atoms with van der Waals surface area (Å²) in [6, 6.07) is 4.70. The molecule has 2 rings (SSSR count). The molecule has 0 saturated carbocycles. The monoisotopic (exact) mass is 258 g/mol. The quantitative estimate of drug-likeness (QED) is 0.843. The van der Waals surface area contributed by atoms with Crippen molar-refractivity contribution in [2.24, 2.45) is 7.05 Å². The Morgan fingerprint density at radius 2 is 2.19 bits per heavy atom. The van der Waals surface area contributed by atoms with E-state index < -0.39 is 10.8 Å². The maximum absolute atomic E-state index is 10.8. The van der Waals surface area contributed by atoms with Crippen LogP contribution in [0.25, 0.3) is 11.0 Å². The summed E-state index contributed by atoms with van der Waals surface area (Å²) in [7, 11) is 1.78. The molecule has 0 bridgehead atoms. The van der Waals surface area contributed by atoms with Gasteiger partial charge >= 0.3 is 5.97 Å². The molecule has 0 aliphatic heterocycles. The Morgan fingerprint density at radius 1 is 1.50 bits per heavy atom. The van der Waals surface area contributed by atoms with Gasteiger partial charge in [0.1, 0.15) is 5.82 Å². The third-order valence-electron chi connectivity index (χ3n) is 2.36. The maximum Gasteiger partial charge on any atom is 0.335 e. The molecule has 1 N–H and O–H groups in total. The number of fused-ring (bicyclic) bond motifs is 1. The zero-order chi connectivity index (χ0) is 11.9. The molecule has 0 atom stereocenters. The van der Waals surface area contributed by atoms with Crippen molar-refractivity contribution in [3.8, 4) is 0 Å². The van der Waals surface area contributed by atoms with Gasteiger partial charge < -0.3 is 9.67 Å². The third kappa shape index (κ3) is 1.74. The number of carboxylic acids is 1. The fourth-order valence-electron chi connectivity index (χ4n) is 1.55. The second-order valence-corrected chi connectivity index (χ2v) is 4.43. The van der Waals surface area contributed by atoms with E-state index in [4.69, 9.17) is 28.3 Å². The Bertz CT molecular complexity index is 563. The normalized spacial score (nSPS) is 11.2. The molecule has 0 aliphatic carbocycles. The van der Waals surface area contributed by atoms with Crippen molar-refractivity contribution in [1.82, 2.24) is 9.55 Å². The number of hydrogen-bond donors (Lipinski definition) is 1. The number of rotatable bonds is 2. The van der Waals surface area contributed by atoms with E-state index in [0.717, 1.165) is 5.52 Å². The highest BCUT2D eigenvalue weighted by Crippen LogP contribution is 2.27. The average Bonchev–Trinajstić information content (AvgIpc) is 2.55. The zero-order valence-electron chi connectivity index (χ0n) is 8.32. The van der Waals surface area contributed by atoms with Gasteiger partial charge in [0.2, 0.25) is 0 Å². The van der Waals surface area contributed by atoms with E-state index in [1.54, 1.807) is 17.7 Å². The Kier molecular flexibility index (Phi) is 2.78. The predicted molar refractivity (Wildman–Crippen MR) is 62.1 cm³/mol. The second kappa shape index (κ2) is 3.96. The number of hydrogen-bond acceptors (Lipinski definition) is 2. The molecule has 0 spiro atoms. The van der Waals surface area contributed by atoms with Gasteiger partial charge in [0.15, 0.2) is 4.84 Å². The first-order chi connectivity index (χ1) is 7.50. The number of halogens is 2. The van der Waals surface area contributed by atoms with Crippen LogP contribution in [0.1, 0.15) is 21.0 Å². The van der Waals surface area contributed by atoms with Gasteiger partial charge in [-0.15, -0.1) is 0 Å². The van der Waals surface area contributed by atoms with E-state index >= 15 is 0 Å². The standard InChI is InChI=1S/C10H8Cl2N2O2/c1-14-7-3-2-5(10(15)16)4-6(7)13-9(14)8(11)12/h2-4,8H,1H3,(H,15,16). The number of aryl methyl sites for hydroxylation is 1. The maximum atomic E-state index is 10.8. The molecule has 0 aliphatic rings. The minimum absolute atomic E-state index is 0.192. The molecule has 84 valence electrons. The Morgan fingerprint density at radius 3 is 2.75 bits per heavy atom. The third-order valence-corrected chi connectivity index (χ3v) is 2.75. The number of carboxylic acid groups (broad SMARTS) is 1.